The molecule has 3 atom stereocenters. The molecule has 1 amide bonds. The molecule has 2 unspecified atom stereocenters. The van der Waals surface area contributed by atoms with Gasteiger partial charge in [-0.3, -0.25) is 4.79 Å². The van der Waals surface area contributed by atoms with Crippen LogP contribution in [0, 0.1) is 5.92 Å². The summed E-state index contributed by atoms with van der Waals surface area (Å²) in [5.74, 6) is 0.201. The van der Waals surface area contributed by atoms with Crippen molar-refractivity contribution in [1.29, 1.82) is 0 Å². The van der Waals surface area contributed by atoms with E-state index in [9.17, 15) is 9.90 Å². The molecule has 0 aromatic heterocycles. The predicted octanol–water partition coefficient (Wildman–Crippen LogP) is 0.343. The maximum absolute atomic E-state index is 11.9. The largest absolute Gasteiger partial charge is 0.393 e. The molecule has 88 valence electrons. The highest BCUT2D eigenvalue weighted by molar-refractivity contribution is 5.81. The predicted molar refractivity (Wildman–Crippen MR) is 59.3 cm³/mol. The van der Waals surface area contributed by atoms with Gasteiger partial charge in [-0.15, -0.1) is 0 Å². The Balaban J connectivity index is 2.47. The highest BCUT2D eigenvalue weighted by Crippen LogP contribution is 2.17. The fraction of sp³-hybridized carbons (Fsp3) is 0.909. The number of aliphatic hydroxyl groups excluding tert-OH is 1. The van der Waals surface area contributed by atoms with Crippen molar-refractivity contribution in [3.63, 3.8) is 0 Å². The minimum atomic E-state index is -0.363. The van der Waals surface area contributed by atoms with Crippen LogP contribution < -0.4 is 5.73 Å². The molecule has 1 saturated heterocycles. The van der Waals surface area contributed by atoms with Crippen molar-refractivity contribution in [2.24, 2.45) is 11.7 Å². The first-order chi connectivity index (χ1) is 7.06. The molecule has 3 N–H and O–H groups in total. The van der Waals surface area contributed by atoms with Gasteiger partial charge in [0.1, 0.15) is 0 Å². The van der Waals surface area contributed by atoms with E-state index in [1.54, 1.807) is 4.90 Å². The molecule has 0 aromatic rings. The lowest BCUT2D eigenvalue weighted by Crippen LogP contribution is -2.50. The van der Waals surface area contributed by atoms with Gasteiger partial charge < -0.3 is 15.7 Å². The number of amides is 1. The lowest BCUT2D eigenvalue weighted by atomic mass is 9.96. The van der Waals surface area contributed by atoms with Gasteiger partial charge in [0.2, 0.25) is 5.91 Å². The van der Waals surface area contributed by atoms with E-state index in [1.165, 1.54) is 0 Å². The van der Waals surface area contributed by atoms with Crippen LogP contribution in [0.1, 0.15) is 33.1 Å². The van der Waals surface area contributed by atoms with Crippen molar-refractivity contribution in [3.05, 3.63) is 0 Å². The van der Waals surface area contributed by atoms with Crippen molar-refractivity contribution in [1.82, 2.24) is 4.90 Å². The average molecular weight is 214 g/mol. The standard InChI is InChI=1S/C11H22N2O2/c1-3-4-9(12)11(15)13-6-5-10(14)8(2)7-13/h8-10,14H,3-7,12H2,1-2H3/t8?,9-,10?/m0/s1. The Kier molecular flexibility index (Phi) is 4.54. The fourth-order valence-electron chi connectivity index (χ4n) is 2.00. The molecule has 0 radical (unpaired) electrons. The summed E-state index contributed by atoms with van der Waals surface area (Å²) in [6.45, 7) is 5.27. The number of likely N-dealkylation sites (tertiary alicyclic amines) is 1. The molecule has 15 heavy (non-hydrogen) atoms. The summed E-state index contributed by atoms with van der Waals surface area (Å²) in [7, 11) is 0. The molecule has 0 aromatic carbocycles. The molecule has 4 heteroatoms. The van der Waals surface area contributed by atoms with E-state index in [4.69, 9.17) is 5.73 Å². The fourth-order valence-corrected chi connectivity index (χ4v) is 2.00. The number of rotatable bonds is 3. The smallest absolute Gasteiger partial charge is 0.239 e. The van der Waals surface area contributed by atoms with E-state index >= 15 is 0 Å². The molecule has 1 aliphatic heterocycles. The van der Waals surface area contributed by atoms with Crippen molar-refractivity contribution in [3.8, 4) is 0 Å². The molecule has 1 rings (SSSR count). The van der Waals surface area contributed by atoms with E-state index in [0.29, 0.717) is 19.5 Å². The second kappa shape index (κ2) is 5.47. The van der Waals surface area contributed by atoms with E-state index in [2.05, 4.69) is 0 Å². The van der Waals surface area contributed by atoms with Gasteiger partial charge in [0.15, 0.2) is 0 Å². The summed E-state index contributed by atoms with van der Waals surface area (Å²) < 4.78 is 0. The summed E-state index contributed by atoms with van der Waals surface area (Å²) in [5.41, 5.74) is 5.78. The van der Waals surface area contributed by atoms with Crippen molar-refractivity contribution in [2.45, 2.75) is 45.3 Å². The molecule has 4 nitrogen and oxygen atoms in total. The molecule has 1 aliphatic rings. The van der Waals surface area contributed by atoms with Crippen LogP contribution in [0.5, 0.6) is 0 Å². The van der Waals surface area contributed by atoms with Crippen LogP contribution in [0.4, 0.5) is 0 Å². The molecule has 1 heterocycles. The van der Waals surface area contributed by atoms with Gasteiger partial charge >= 0.3 is 0 Å². The first kappa shape index (κ1) is 12.5. The second-order valence-electron chi connectivity index (χ2n) is 4.51. The second-order valence-corrected chi connectivity index (χ2v) is 4.51. The summed E-state index contributed by atoms with van der Waals surface area (Å²) in [4.78, 5) is 13.6. The molecular weight excluding hydrogens is 192 g/mol. The van der Waals surface area contributed by atoms with Gasteiger partial charge in [-0.25, -0.2) is 0 Å². The van der Waals surface area contributed by atoms with Gasteiger partial charge in [0.05, 0.1) is 12.1 Å². The highest BCUT2D eigenvalue weighted by Gasteiger charge is 2.29. The Morgan fingerprint density at radius 1 is 1.67 bits per heavy atom. The van der Waals surface area contributed by atoms with Crippen LogP contribution in [0.2, 0.25) is 0 Å². The maximum Gasteiger partial charge on any atom is 0.239 e. The molecule has 0 bridgehead atoms. The number of piperidine rings is 1. The molecular formula is C11H22N2O2. The van der Waals surface area contributed by atoms with Gasteiger partial charge in [-0.2, -0.15) is 0 Å². The minimum Gasteiger partial charge on any atom is -0.393 e. The highest BCUT2D eigenvalue weighted by atomic mass is 16.3. The quantitative estimate of drug-likeness (QED) is 0.712. The Hall–Kier alpha value is -0.610. The number of carbonyl (C=O) groups is 1. The lowest BCUT2D eigenvalue weighted by molar-refractivity contribution is -0.136. The zero-order valence-corrected chi connectivity index (χ0v) is 9.65. The zero-order chi connectivity index (χ0) is 11.4. The van der Waals surface area contributed by atoms with Crippen LogP contribution >= 0.6 is 0 Å². The number of aliphatic hydroxyl groups is 1. The molecule has 0 spiro atoms. The number of nitrogens with two attached hydrogens (primary N) is 1. The number of hydrogen-bond donors (Lipinski definition) is 2. The van der Waals surface area contributed by atoms with Crippen molar-refractivity contribution >= 4 is 5.91 Å². The van der Waals surface area contributed by atoms with Crippen LogP contribution in [0.25, 0.3) is 0 Å². The van der Waals surface area contributed by atoms with Crippen molar-refractivity contribution < 1.29 is 9.90 Å². The Bertz CT molecular complexity index is 221. The molecule has 0 saturated carbocycles. The SMILES string of the molecule is CCC[C@H](N)C(=O)N1CCC(O)C(C)C1. The van der Waals surface area contributed by atoms with Gasteiger partial charge in [-0.05, 0) is 18.8 Å². The lowest BCUT2D eigenvalue weighted by Gasteiger charge is -2.35. The van der Waals surface area contributed by atoms with E-state index in [0.717, 1.165) is 12.8 Å². The summed E-state index contributed by atoms with van der Waals surface area (Å²) in [5, 5.41) is 9.55. The third-order valence-corrected chi connectivity index (χ3v) is 3.09. The Labute approximate surface area is 91.4 Å². The number of nitrogens with zero attached hydrogens (tertiary/aromatic N) is 1. The summed E-state index contributed by atoms with van der Waals surface area (Å²) in [6.07, 6.45) is 2.08. The Morgan fingerprint density at radius 3 is 2.87 bits per heavy atom. The molecule has 0 aliphatic carbocycles. The van der Waals surface area contributed by atoms with E-state index in [-0.39, 0.29) is 24.0 Å². The van der Waals surface area contributed by atoms with Crippen LogP contribution in [0.15, 0.2) is 0 Å². The minimum absolute atomic E-state index is 0.0376. The third-order valence-electron chi connectivity index (χ3n) is 3.09. The third kappa shape index (κ3) is 3.18. The molecule has 1 fully saturated rings. The van der Waals surface area contributed by atoms with E-state index in [1.807, 2.05) is 13.8 Å². The van der Waals surface area contributed by atoms with E-state index < -0.39 is 0 Å². The monoisotopic (exact) mass is 214 g/mol. The van der Waals surface area contributed by atoms with Gasteiger partial charge in [0, 0.05) is 13.1 Å². The van der Waals surface area contributed by atoms with Crippen LogP contribution in [0.3, 0.4) is 0 Å². The normalized spacial score (nSPS) is 28.9. The summed E-state index contributed by atoms with van der Waals surface area (Å²) in [6, 6.07) is -0.363. The Morgan fingerprint density at radius 2 is 2.33 bits per heavy atom. The number of carbonyl (C=O) groups excluding carboxylic acids is 1. The van der Waals surface area contributed by atoms with Gasteiger partial charge in [0.25, 0.3) is 0 Å². The zero-order valence-electron chi connectivity index (χ0n) is 9.65. The number of hydrogen-bond acceptors (Lipinski definition) is 3. The first-order valence-electron chi connectivity index (χ1n) is 5.78. The van der Waals surface area contributed by atoms with Crippen molar-refractivity contribution in [2.75, 3.05) is 13.1 Å². The van der Waals surface area contributed by atoms with Crippen LogP contribution in [-0.4, -0.2) is 41.1 Å². The van der Waals surface area contributed by atoms with Crippen LogP contribution in [-0.2, 0) is 4.79 Å². The van der Waals surface area contributed by atoms with Gasteiger partial charge in [-0.1, -0.05) is 20.3 Å². The topological polar surface area (TPSA) is 66.6 Å². The summed E-state index contributed by atoms with van der Waals surface area (Å²) >= 11 is 0. The maximum atomic E-state index is 11.9. The first-order valence-corrected chi connectivity index (χ1v) is 5.78. The average Bonchev–Trinajstić information content (AvgIpc) is 2.21.